The Morgan fingerprint density at radius 3 is 2.89 bits per heavy atom. The molecule has 3 heteroatoms. The lowest BCUT2D eigenvalue weighted by molar-refractivity contribution is 0.197. The highest BCUT2D eigenvalue weighted by Gasteiger charge is 2.22. The van der Waals surface area contributed by atoms with E-state index in [1.54, 1.807) is 0 Å². The maximum atomic E-state index is 3.70. The van der Waals surface area contributed by atoms with Crippen molar-refractivity contribution in [1.82, 2.24) is 4.90 Å². The molecule has 1 aliphatic heterocycles. The van der Waals surface area contributed by atoms with Crippen molar-refractivity contribution in [3.05, 3.63) is 24.3 Å². The summed E-state index contributed by atoms with van der Waals surface area (Å²) in [6.45, 7) is 4.79. The first-order valence-corrected chi connectivity index (χ1v) is 8.01. The zero-order valence-electron chi connectivity index (χ0n) is 11.6. The van der Waals surface area contributed by atoms with Crippen LogP contribution in [-0.4, -0.2) is 37.3 Å². The normalized spacial score (nSPS) is 22.7. The summed E-state index contributed by atoms with van der Waals surface area (Å²) in [6.07, 6.45) is 4.82. The molecule has 1 aliphatic rings. The Balaban J connectivity index is 1.99. The number of thioether (sulfide) groups is 1. The van der Waals surface area contributed by atoms with Crippen molar-refractivity contribution in [3.8, 4) is 0 Å². The Hall–Kier alpha value is -0.670. The van der Waals surface area contributed by atoms with Crippen molar-refractivity contribution in [3.63, 3.8) is 0 Å². The Morgan fingerprint density at radius 2 is 2.17 bits per heavy atom. The van der Waals surface area contributed by atoms with Crippen LogP contribution in [0.15, 0.2) is 29.2 Å². The van der Waals surface area contributed by atoms with E-state index in [0.717, 1.165) is 5.92 Å². The van der Waals surface area contributed by atoms with Crippen molar-refractivity contribution >= 4 is 17.4 Å². The summed E-state index contributed by atoms with van der Waals surface area (Å²) in [6, 6.07) is 9.14. The predicted molar refractivity (Wildman–Crippen MR) is 81.5 cm³/mol. The van der Waals surface area contributed by atoms with E-state index in [4.69, 9.17) is 0 Å². The summed E-state index contributed by atoms with van der Waals surface area (Å²) < 4.78 is 0. The van der Waals surface area contributed by atoms with E-state index in [9.17, 15) is 0 Å². The topological polar surface area (TPSA) is 15.3 Å². The molecular weight excluding hydrogens is 240 g/mol. The lowest BCUT2D eigenvalue weighted by Gasteiger charge is -2.34. The molecule has 1 aromatic rings. The van der Waals surface area contributed by atoms with Gasteiger partial charge in [0, 0.05) is 23.2 Å². The highest BCUT2D eigenvalue weighted by Crippen LogP contribution is 2.28. The number of hydrogen-bond donors (Lipinski definition) is 1. The Morgan fingerprint density at radius 1 is 1.39 bits per heavy atom. The van der Waals surface area contributed by atoms with Gasteiger partial charge in [0.15, 0.2) is 0 Å². The number of rotatable bonds is 4. The monoisotopic (exact) mass is 264 g/mol. The third-order valence-corrected chi connectivity index (χ3v) is 4.65. The van der Waals surface area contributed by atoms with Gasteiger partial charge in [-0.05, 0) is 57.7 Å². The van der Waals surface area contributed by atoms with Gasteiger partial charge in [-0.15, -0.1) is 11.8 Å². The van der Waals surface area contributed by atoms with Crippen LogP contribution >= 0.6 is 11.8 Å². The standard InChI is InChI=1S/C15H24N2S/c1-12(13-7-6-10-17(2)11-13)16-14-8-4-5-9-15(14)18-3/h4-5,8-9,12-13,16H,6-7,10-11H2,1-3H3. The van der Waals surface area contributed by atoms with Crippen LogP contribution in [0.25, 0.3) is 0 Å². The molecule has 1 aromatic carbocycles. The Kier molecular flexibility index (Phi) is 4.95. The van der Waals surface area contributed by atoms with Crippen molar-refractivity contribution in [1.29, 1.82) is 0 Å². The van der Waals surface area contributed by atoms with Crippen molar-refractivity contribution < 1.29 is 0 Å². The molecule has 2 unspecified atom stereocenters. The summed E-state index contributed by atoms with van der Waals surface area (Å²) in [4.78, 5) is 3.79. The molecule has 0 saturated carbocycles. The number of likely N-dealkylation sites (tertiary alicyclic amines) is 1. The Bertz CT molecular complexity index is 381. The fourth-order valence-corrected chi connectivity index (χ4v) is 3.30. The average molecular weight is 264 g/mol. The molecule has 0 aromatic heterocycles. The van der Waals surface area contributed by atoms with Crippen LogP contribution in [0.1, 0.15) is 19.8 Å². The van der Waals surface area contributed by atoms with Gasteiger partial charge in [-0.2, -0.15) is 0 Å². The molecule has 0 spiro atoms. The molecular formula is C15H24N2S. The minimum Gasteiger partial charge on any atom is -0.381 e. The van der Waals surface area contributed by atoms with Crippen LogP contribution < -0.4 is 5.32 Å². The highest BCUT2D eigenvalue weighted by atomic mass is 32.2. The second-order valence-corrected chi connectivity index (χ2v) is 6.15. The highest BCUT2D eigenvalue weighted by molar-refractivity contribution is 7.98. The average Bonchev–Trinajstić information content (AvgIpc) is 2.39. The van der Waals surface area contributed by atoms with Crippen LogP contribution in [0.2, 0.25) is 0 Å². The number of nitrogens with one attached hydrogen (secondary N) is 1. The van der Waals surface area contributed by atoms with E-state index >= 15 is 0 Å². The first-order chi connectivity index (χ1) is 8.70. The van der Waals surface area contributed by atoms with Crippen LogP contribution in [0, 0.1) is 5.92 Å². The lowest BCUT2D eigenvalue weighted by atomic mass is 9.92. The first-order valence-electron chi connectivity index (χ1n) is 6.79. The maximum absolute atomic E-state index is 3.70. The van der Waals surface area contributed by atoms with Crippen molar-refractivity contribution in [2.24, 2.45) is 5.92 Å². The van der Waals surface area contributed by atoms with Gasteiger partial charge in [0.1, 0.15) is 0 Å². The number of nitrogens with zero attached hydrogens (tertiary/aromatic N) is 1. The maximum Gasteiger partial charge on any atom is 0.0480 e. The molecule has 1 heterocycles. The molecule has 0 aliphatic carbocycles. The van der Waals surface area contributed by atoms with E-state index < -0.39 is 0 Å². The number of anilines is 1. The van der Waals surface area contributed by atoms with Gasteiger partial charge in [0.25, 0.3) is 0 Å². The van der Waals surface area contributed by atoms with Gasteiger partial charge in [-0.25, -0.2) is 0 Å². The molecule has 2 atom stereocenters. The minimum absolute atomic E-state index is 0.543. The summed E-state index contributed by atoms with van der Waals surface area (Å²) in [5.74, 6) is 0.763. The largest absolute Gasteiger partial charge is 0.381 e. The van der Waals surface area contributed by atoms with E-state index in [-0.39, 0.29) is 0 Å². The van der Waals surface area contributed by atoms with Gasteiger partial charge >= 0.3 is 0 Å². The summed E-state index contributed by atoms with van der Waals surface area (Å²) >= 11 is 1.81. The van der Waals surface area contributed by atoms with Crippen molar-refractivity contribution in [2.75, 3.05) is 31.7 Å². The summed E-state index contributed by atoms with van der Waals surface area (Å²) in [7, 11) is 2.23. The molecule has 0 amide bonds. The van der Waals surface area contributed by atoms with Gasteiger partial charge in [0.05, 0.1) is 0 Å². The molecule has 100 valence electrons. The van der Waals surface area contributed by atoms with Gasteiger partial charge < -0.3 is 10.2 Å². The smallest absolute Gasteiger partial charge is 0.0480 e. The van der Waals surface area contributed by atoms with Gasteiger partial charge in [0.2, 0.25) is 0 Å². The molecule has 1 saturated heterocycles. The number of piperidine rings is 1. The van der Waals surface area contributed by atoms with E-state index in [1.165, 1.54) is 36.5 Å². The number of benzene rings is 1. The van der Waals surface area contributed by atoms with Crippen LogP contribution in [0.5, 0.6) is 0 Å². The third kappa shape index (κ3) is 3.42. The second kappa shape index (κ2) is 6.48. The second-order valence-electron chi connectivity index (χ2n) is 5.30. The zero-order valence-corrected chi connectivity index (χ0v) is 12.5. The van der Waals surface area contributed by atoms with E-state index in [2.05, 4.69) is 54.7 Å². The predicted octanol–water partition coefficient (Wildman–Crippen LogP) is 3.55. The van der Waals surface area contributed by atoms with E-state index in [0.29, 0.717) is 6.04 Å². The number of hydrogen-bond acceptors (Lipinski definition) is 3. The van der Waals surface area contributed by atoms with Crippen molar-refractivity contribution in [2.45, 2.75) is 30.7 Å². The molecule has 2 rings (SSSR count). The van der Waals surface area contributed by atoms with E-state index in [1.807, 2.05) is 11.8 Å². The number of para-hydroxylation sites is 1. The fourth-order valence-electron chi connectivity index (χ4n) is 2.74. The summed E-state index contributed by atoms with van der Waals surface area (Å²) in [5.41, 5.74) is 1.28. The molecule has 18 heavy (non-hydrogen) atoms. The minimum atomic E-state index is 0.543. The molecule has 0 bridgehead atoms. The fraction of sp³-hybridized carbons (Fsp3) is 0.600. The SMILES string of the molecule is CSc1ccccc1NC(C)C1CCCN(C)C1. The van der Waals surface area contributed by atoms with Crippen LogP contribution in [0.3, 0.4) is 0 Å². The van der Waals surface area contributed by atoms with Gasteiger partial charge in [-0.3, -0.25) is 0 Å². The molecule has 1 fully saturated rings. The Labute approximate surface area is 115 Å². The van der Waals surface area contributed by atoms with Crippen LogP contribution in [0.4, 0.5) is 5.69 Å². The lowest BCUT2D eigenvalue weighted by Crippen LogP contribution is -2.39. The van der Waals surface area contributed by atoms with Crippen LogP contribution in [-0.2, 0) is 0 Å². The molecule has 0 radical (unpaired) electrons. The third-order valence-electron chi connectivity index (χ3n) is 3.86. The molecule has 2 nitrogen and oxygen atoms in total. The molecule has 1 N–H and O–H groups in total. The summed E-state index contributed by atoms with van der Waals surface area (Å²) in [5, 5.41) is 3.70. The van der Waals surface area contributed by atoms with Gasteiger partial charge in [-0.1, -0.05) is 12.1 Å². The first kappa shape index (κ1) is 13.8. The quantitative estimate of drug-likeness (QED) is 0.837. The zero-order chi connectivity index (χ0) is 13.0.